The van der Waals surface area contributed by atoms with E-state index in [0.717, 1.165) is 5.56 Å². The first-order valence-corrected chi connectivity index (χ1v) is 5.67. The first kappa shape index (κ1) is 11.8. The van der Waals surface area contributed by atoms with Crippen molar-refractivity contribution in [2.24, 2.45) is 0 Å². The summed E-state index contributed by atoms with van der Waals surface area (Å²) in [5, 5.41) is 4.11. The quantitative estimate of drug-likeness (QED) is 0.598. The van der Waals surface area contributed by atoms with Crippen molar-refractivity contribution in [3.63, 3.8) is 0 Å². The molecule has 1 heterocycles. The van der Waals surface area contributed by atoms with Gasteiger partial charge in [0.1, 0.15) is 0 Å². The van der Waals surface area contributed by atoms with Crippen LogP contribution in [0.25, 0.3) is 0 Å². The Morgan fingerprint density at radius 3 is 1.94 bits per heavy atom. The standard InChI is InChI=1S/C11H9BrN2O3/c1-6-2-4-7(5-3-6)11(12)8(15)13-10(17)14-9(11)16/h2-5H,1H3,(H2,13,14,15,16,17). The van der Waals surface area contributed by atoms with Crippen molar-refractivity contribution >= 4 is 33.8 Å². The number of barbiturate groups is 1. The molecule has 0 spiro atoms. The molecule has 6 heteroatoms. The van der Waals surface area contributed by atoms with Gasteiger partial charge in [-0.05, 0) is 12.5 Å². The zero-order valence-corrected chi connectivity index (χ0v) is 10.5. The summed E-state index contributed by atoms with van der Waals surface area (Å²) in [5.74, 6) is -1.37. The number of halogens is 1. The fourth-order valence-electron chi connectivity index (χ4n) is 1.56. The Balaban J connectivity index is 2.47. The Hall–Kier alpha value is -1.69. The topological polar surface area (TPSA) is 75.3 Å². The lowest BCUT2D eigenvalue weighted by Gasteiger charge is -2.28. The van der Waals surface area contributed by atoms with Gasteiger partial charge in [0, 0.05) is 0 Å². The number of aryl methyl sites for hydroxylation is 1. The molecule has 1 aromatic carbocycles. The van der Waals surface area contributed by atoms with Gasteiger partial charge < -0.3 is 0 Å². The number of carbonyl (C=O) groups excluding carboxylic acids is 3. The fraction of sp³-hybridized carbons (Fsp3) is 0.182. The number of benzene rings is 1. The van der Waals surface area contributed by atoms with Gasteiger partial charge in [-0.2, -0.15) is 0 Å². The molecule has 0 bridgehead atoms. The Kier molecular flexibility index (Phi) is 2.74. The van der Waals surface area contributed by atoms with Crippen LogP contribution in [0.3, 0.4) is 0 Å². The largest absolute Gasteiger partial charge is 0.328 e. The Morgan fingerprint density at radius 2 is 1.47 bits per heavy atom. The molecule has 5 nitrogen and oxygen atoms in total. The summed E-state index contributed by atoms with van der Waals surface area (Å²) in [4.78, 5) is 34.5. The molecule has 0 radical (unpaired) electrons. The van der Waals surface area contributed by atoms with Crippen LogP contribution in [0, 0.1) is 6.92 Å². The highest BCUT2D eigenvalue weighted by Gasteiger charge is 2.49. The van der Waals surface area contributed by atoms with Gasteiger partial charge in [-0.15, -0.1) is 0 Å². The minimum atomic E-state index is -1.55. The normalized spacial score (nSPS) is 18.6. The van der Waals surface area contributed by atoms with E-state index in [1.54, 1.807) is 24.3 Å². The third-order valence-electron chi connectivity index (χ3n) is 2.53. The Morgan fingerprint density at radius 1 is 1.00 bits per heavy atom. The summed E-state index contributed by atoms with van der Waals surface area (Å²) in [6.07, 6.45) is 0. The molecule has 0 aliphatic carbocycles. The van der Waals surface area contributed by atoms with Gasteiger partial charge in [0.15, 0.2) is 0 Å². The highest BCUT2D eigenvalue weighted by Crippen LogP contribution is 2.33. The van der Waals surface area contributed by atoms with Crippen molar-refractivity contribution in [3.8, 4) is 0 Å². The SMILES string of the molecule is Cc1ccc(C2(Br)C(=O)NC(=O)NC2=O)cc1. The second kappa shape index (κ2) is 3.96. The summed E-state index contributed by atoms with van der Waals surface area (Å²) in [7, 11) is 0. The zero-order valence-electron chi connectivity index (χ0n) is 8.91. The first-order valence-electron chi connectivity index (χ1n) is 4.87. The van der Waals surface area contributed by atoms with Crippen molar-refractivity contribution in [2.45, 2.75) is 11.2 Å². The lowest BCUT2D eigenvalue weighted by atomic mass is 9.95. The third kappa shape index (κ3) is 1.84. The molecule has 1 aliphatic heterocycles. The van der Waals surface area contributed by atoms with E-state index in [2.05, 4.69) is 26.6 Å². The molecule has 0 saturated carbocycles. The van der Waals surface area contributed by atoms with E-state index in [1.165, 1.54) is 0 Å². The maximum Gasteiger partial charge on any atom is 0.328 e. The van der Waals surface area contributed by atoms with Crippen LogP contribution < -0.4 is 10.6 Å². The predicted octanol–water partition coefficient (Wildman–Crippen LogP) is 0.951. The highest BCUT2D eigenvalue weighted by atomic mass is 79.9. The maximum atomic E-state index is 11.8. The number of alkyl halides is 1. The Bertz CT molecular complexity index is 490. The van der Waals surface area contributed by atoms with Crippen molar-refractivity contribution in [1.82, 2.24) is 10.6 Å². The van der Waals surface area contributed by atoms with Crippen LogP contribution in [0.5, 0.6) is 0 Å². The van der Waals surface area contributed by atoms with Gasteiger partial charge in [0.25, 0.3) is 11.8 Å². The average molecular weight is 297 g/mol. The molecule has 4 amide bonds. The number of hydrogen-bond donors (Lipinski definition) is 2. The van der Waals surface area contributed by atoms with Crippen LogP contribution in [0.4, 0.5) is 4.79 Å². The van der Waals surface area contributed by atoms with Gasteiger partial charge in [-0.25, -0.2) is 4.79 Å². The number of amides is 4. The van der Waals surface area contributed by atoms with Crippen LogP contribution in [0.15, 0.2) is 24.3 Å². The average Bonchev–Trinajstić information content (AvgIpc) is 2.26. The van der Waals surface area contributed by atoms with E-state index in [1.807, 2.05) is 6.92 Å². The second-order valence-electron chi connectivity index (χ2n) is 3.76. The molecule has 1 aliphatic rings. The summed E-state index contributed by atoms with van der Waals surface area (Å²) < 4.78 is -1.55. The number of imide groups is 2. The fourth-order valence-corrected chi connectivity index (χ4v) is 2.02. The molecule has 1 aromatic rings. The number of urea groups is 1. The molecule has 88 valence electrons. The molecule has 17 heavy (non-hydrogen) atoms. The zero-order chi connectivity index (χ0) is 12.6. The monoisotopic (exact) mass is 296 g/mol. The van der Waals surface area contributed by atoms with Crippen molar-refractivity contribution in [3.05, 3.63) is 35.4 Å². The van der Waals surface area contributed by atoms with Crippen LogP contribution >= 0.6 is 15.9 Å². The van der Waals surface area contributed by atoms with E-state index in [9.17, 15) is 14.4 Å². The molecule has 2 rings (SSSR count). The smallest absolute Gasteiger partial charge is 0.276 e. The van der Waals surface area contributed by atoms with E-state index in [0.29, 0.717) is 5.56 Å². The summed E-state index contributed by atoms with van der Waals surface area (Å²) >= 11 is 3.11. The number of carbonyl (C=O) groups is 3. The maximum absolute atomic E-state index is 11.8. The molecule has 0 aromatic heterocycles. The van der Waals surface area contributed by atoms with E-state index in [-0.39, 0.29) is 0 Å². The summed E-state index contributed by atoms with van der Waals surface area (Å²) in [6, 6.07) is 6.10. The lowest BCUT2D eigenvalue weighted by Crippen LogP contribution is -2.62. The summed E-state index contributed by atoms with van der Waals surface area (Å²) in [5.41, 5.74) is 1.49. The molecule has 0 atom stereocenters. The van der Waals surface area contributed by atoms with Crippen LogP contribution in [-0.2, 0) is 13.9 Å². The van der Waals surface area contributed by atoms with Gasteiger partial charge >= 0.3 is 6.03 Å². The van der Waals surface area contributed by atoms with Crippen molar-refractivity contribution in [2.75, 3.05) is 0 Å². The van der Waals surface area contributed by atoms with Gasteiger partial charge in [0.2, 0.25) is 4.32 Å². The van der Waals surface area contributed by atoms with Crippen molar-refractivity contribution in [1.29, 1.82) is 0 Å². The van der Waals surface area contributed by atoms with Gasteiger partial charge in [0.05, 0.1) is 0 Å². The van der Waals surface area contributed by atoms with E-state index < -0.39 is 22.2 Å². The van der Waals surface area contributed by atoms with Gasteiger partial charge in [-0.3, -0.25) is 20.2 Å². The molecule has 2 N–H and O–H groups in total. The number of nitrogens with one attached hydrogen (secondary N) is 2. The molecular weight excluding hydrogens is 288 g/mol. The summed E-state index contributed by atoms with van der Waals surface area (Å²) in [6.45, 7) is 1.90. The second-order valence-corrected chi connectivity index (χ2v) is 4.95. The lowest BCUT2D eigenvalue weighted by molar-refractivity contribution is -0.133. The molecule has 1 fully saturated rings. The van der Waals surface area contributed by atoms with Crippen LogP contribution in [0.2, 0.25) is 0 Å². The minimum absolute atomic E-state index is 0.477. The predicted molar refractivity (Wildman–Crippen MR) is 63.5 cm³/mol. The third-order valence-corrected chi connectivity index (χ3v) is 3.71. The molecule has 0 unspecified atom stereocenters. The van der Waals surface area contributed by atoms with Gasteiger partial charge in [-0.1, -0.05) is 45.8 Å². The minimum Gasteiger partial charge on any atom is -0.276 e. The first-order chi connectivity index (χ1) is 7.94. The van der Waals surface area contributed by atoms with Crippen molar-refractivity contribution < 1.29 is 14.4 Å². The molecule has 1 saturated heterocycles. The van der Waals surface area contributed by atoms with E-state index in [4.69, 9.17) is 0 Å². The number of hydrogen-bond acceptors (Lipinski definition) is 3. The molecular formula is C11H9BrN2O3. The Labute approximate surface area is 106 Å². The number of rotatable bonds is 1. The van der Waals surface area contributed by atoms with E-state index >= 15 is 0 Å². The van der Waals surface area contributed by atoms with Crippen LogP contribution in [0.1, 0.15) is 11.1 Å². The highest BCUT2D eigenvalue weighted by molar-refractivity contribution is 9.10. The van der Waals surface area contributed by atoms with Crippen LogP contribution in [-0.4, -0.2) is 17.8 Å².